The molecule has 0 saturated heterocycles. The molecular weight excluding hydrogens is 292 g/mol. The van der Waals surface area contributed by atoms with E-state index in [1.165, 1.54) is 0 Å². The number of hydrogen-bond donors (Lipinski definition) is 1. The van der Waals surface area contributed by atoms with E-state index in [9.17, 15) is 4.79 Å². The summed E-state index contributed by atoms with van der Waals surface area (Å²) in [7, 11) is 0. The quantitative estimate of drug-likeness (QED) is 0.889. The second-order valence-electron chi connectivity index (χ2n) is 5.56. The molecule has 23 heavy (non-hydrogen) atoms. The van der Waals surface area contributed by atoms with Gasteiger partial charge in [0.1, 0.15) is 6.10 Å². The largest absolute Gasteiger partial charge is 0.390 e. The van der Waals surface area contributed by atoms with Crippen LogP contribution in [0.1, 0.15) is 35.7 Å². The summed E-state index contributed by atoms with van der Waals surface area (Å²) in [6, 6.07) is 10.0. The first-order valence-corrected chi connectivity index (χ1v) is 7.80. The van der Waals surface area contributed by atoms with Crippen molar-refractivity contribution in [3.05, 3.63) is 53.9 Å². The van der Waals surface area contributed by atoms with E-state index in [0.717, 1.165) is 24.1 Å². The highest BCUT2D eigenvalue weighted by molar-refractivity contribution is 5.93. The maximum absolute atomic E-state index is 12.2. The molecule has 1 unspecified atom stereocenters. The SMILES string of the molecule is CCC1=NOC(CNC(=O)c2cnn(Cc3ccccc3)c2)C1. The first-order chi connectivity index (χ1) is 11.2. The lowest BCUT2D eigenvalue weighted by Gasteiger charge is -2.08. The van der Waals surface area contributed by atoms with E-state index in [0.29, 0.717) is 18.7 Å². The molecule has 6 nitrogen and oxygen atoms in total. The summed E-state index contributed by atoms with van der Waals surface area (Å²) >= 11 is 0. The number of benzene rings is 1. The fourth-order valence-electron chi connectivity index (χ4n) is 2.45. The van der Waals surface area contributed by atoms with Crippen molar-refractivity contribution in [2.45, 2.75) is 32.4 Å². The van der Waals surface area contributed by atoms with Gasteiger partial charge in [0, 0.05) is 12.6 Å². The molecule has 1 aliphatic heterocycles. The van der Waals surface area contributed by atoms with Gasteiger partial charge < -0.3 is 10.2 Å². The van der Waals surface area contributed by atoms with Gasteiger partial charge in [0.05, 0.1) is 30.6 Å². The molecule has 0 bridgehead atoms. The van der Waals surface area contributed by atoms with Crippen molar-refractivity contribution in [3.63, 3.8) is 0 Å². The van der Waals surface area contributed by atoms with Crippen molar-refractivity contribution < 1.29 is 9.63 Å². The monoisotopic (exact) mass is 312 g/mol. The average molecular weight is 312 g/mol. The molecule has 1 aromatic carbocycles. The van der Waals surface area contributed by atoms with Crippen LogP contribution < -0.4 is 5.32 Å². The third-order valence-corrected chi connectivity index (χ3v) is 3.78. The number of hydrogen-bond acceptors (Lipinski definition) is 4. The van der Waals surface area contributed by atoms with Gasteiger partial charge in [-0.25, -0.2) is 0 Å². The number of carbonyl (C=O) groups excluding carboxylic acids is 1. The van der Waals surface area contributed by atoms with E-state index in [4.69, 9.17) is 4.84 Å². The lowest BCUT2D eigenvalue weighted by atomic mass is 10.1. The summed E-state index contributed by atoms with van der Waals surface area (Å²) in [6.07, 6.45) is 4.95. The van der Waals surface area contributed by atoms with Crippen molar-refractivity contribution in [2.24, 2.45) is 5.16 Å². The Morgan fingerprint density at radius 1 is 1.39 bits per heavy atom. The van der Waals surface area contributed by atoms with Gasteiger partial charge in [-0.1, -0.05) is 42.4 Å². The predicted octanol–water partition coefficient (Wildman–Crippen LogP) is 2.22. The van der Waals surface area contributed by atoms with Crippen molar-refractivity contribution in [1.82, 2.24) is 15.1 Å². The van der Waals surface area contributed by atoms with Crippen LogP contribution in [-0.2, 0) is 11.4 Å². The minimum Gasteiger partial charge on any atom is -0.390 e. The molecule has 1 N–H and O–H groups in total. The highest BCUT2D eigenvalue weighted by Crippen LogP contribution is 2.12. The van der Waals surface area contributed by atoms with Crippen LogP contribution in [0.15, 0.2) is 47.9 Å². The smallest absolute Gasteiger partial charge is 0.254 e. The maximum Gasteiger partial charge on any atom is 0.254 e. The summed E-state index contributed by atoms with van der Waals surface area (Å²) in [4.78, 5) is 17.4. The van der Waals surface area contributed by atoms with E-state index < -0.39 is 0 Å². The van der Waals surface area contributed by atoms with Crippen LogP contribution in [0, 0.1) is 0 Å². The Morgan fingerprint density at radius 3 is 2.96 bits per heavy atom. The summed E-state index contributed by atoms with van der Waals surface area (Å²) in [5, 5.41) is 11.1. The standard InChI is InChI=1S/C17H20N4O2/c1-2-15-8-16(23-20-15)10-18-17(22)14-9-19-21(12-14)11-13-6-4-3-5-7-13/h3-7,9,12,16H,2,8,10-11H2,1H3,(H,18,22). The molecule has 120 valence electrons. The van der Waals surface area contributed by atoms with E-state index in [1.807, 2.05) is 37.3 Å². The fourth-order valence-corrected chi connectivity index (χ4v) is 2.45. The summed E-state index contributed by atoms with van der Waals surface area (Å²) < 4.78 is 1.76. The zero-order valence-corrected chi connectivity index (χ0v) is 13.1. The first kappa shape index (κ1) is 15.3. The number of nitrogens with one attached hydrogen (secondary N) is 1. The molecule has 6 heteroatoms. The zero-order chi connectivity index (χ0) is 16.1. The molecule has 0 radical (unpaired) electrons. The molecule has 0 spiro atoms. The van der Waals surface area contributed by atoms with Crippen LogP contribution in [0.4, 0.5) is 0 Å². The zero-order valence-electron chi connectivity index (χ0n) is 13.1. The Morgan fingerprint density at radius 2 is 2.22 bits per heavy atom. The molecule has 0 fully saturated rings. The third-order valence-electron chi connectivity index (χ3n) is 3.78. The van der Waals surface area contributed by atoms with Crippen molar-refractivity contribution in [2.75, 3.05) is 6.54 Å². The average Bonchev–Trinajstić information content (AvgIpc) is 3.23. The molecular formula is C17H20N4O2. The van der Waals surface area contributed by atoms with Gasteiger partial charge in [0.2, 0.25) is 0 Å². The van der Waals surface area contributed by atoms with E-state index in [1.54, 1.807) is 17.1 Å². The van der Waals surface area contributed by atoms with E-state index >= 15 is 0 Å². The first-order valence-electron chi connectivity index (χ1n) is 7.80. The number of rotatable bonds is 6. The van der Waals surface area contributed by atoms with Gasteiger partial charge in [0.25, 0.3) is 5.91 Å². The number of carbonyl (C=O) groups is 1. The van der Waals surface area contributed by atoms with E-state index in [-0.39, 0.29) is 12.0 Å². The molecule has 0 saturated carbocycles. The second kappa shape index (κ2) is 7.09. The van der Waals surface area contributed by atoms with Gasteiger partial charge in [-0.05, 0) is 12.0 Å². The number of aromatic nitrogens is 2. The predicted molar refractivity (Wildman–Crippen MR) is 87.3 cm³/mol. The summed E-state index contributed by atoms with van der Waals surface area (Å²) in [5.41, 5.74) is 2.74. The Hall–Kier alpha value is -2.63. The van der Waals surface area contributed by atoms with Crippen LogP contribution in [-0.4, -0.2) is 34.0 Å². The molecule has 2 heterocycles. The third kappa shape index (κ3) is 3.97. The van der Waals surface area contributed by atoms with Crippen molar-refractivity contribution in [3.8, 4) is 0 Å². The molecule has 3 rings (SSSR count). The minimum atomic E-state index is -0.141. The highest BCUT2D eigenvalue weighted by Gasteiger charge is 2.20. The maximum atomic E-state index is 12.2. The Labute approximate surface area is 135 Å². The molecule has 2 aromatic rings. The second-order valence-corrected chi connectivity index (χ2v) is 5.56. The molecule has 1 amide bonds. The fraction of sp³-hybridized carbons (Fsp3) is 0.353. The Bertz CT molecular complexity index is 694. The highest BCUT2D eigenvalue weighted by atomic mass is 16.6. The topological polar surface area (TPSA) is 68.5 Å². The molecule has 1 aliphatic rings. The number of oxime groups is 1. The van der Waals surface area contributed by atoms with Gasteiger partial charge in [0.15, 0.2) is 0 Å². The Kier molecular flexibility index (Phi) is 4.71. The van der Waals surface area contributed by atoms with Crippen LogP contribution in [0.3, 0.4) is 0 Å². The van der Waals surface area contributed by atoms with Crippen LogP contribution in [0.2, 0.25) is 0 Å². The van der Waals surface area contributed by atoms with Crippen molar-refractivity contribution in [1.29, 1.82) is 0 Å². The number of amides is 1. The normalized spacial score (nSPS) is 16.7. The minimum absolute atomic E-state index is 0.0618. The van der Waals surface area contributed by atoms with Gasteiger partial charge in [-0.2, -0.15) is 5.10 Å². The number of nitrogens with zero attached hydrogens (tertiary/aromatic N) is 3. The van der Waals surface area contributed by atoms with Crippen LogP contribution >= 0.6 is 0 Å². The summed E-state index contributed by atoms with van der Waals surface area (Å²) in [5.74, 6) is -0.141. The lowest BCUT2D eigenvalue weighted by Crippen LogP contribution is -2.32. The Balaban J connectivity index is 1.51. The molecule has 1 atom stereocenters. The molecule has 1 aromatic heterocycles. The summed E-state index contributed by atoms with van der Waals surface area (Å²) in [6.45, 7) is 3.15. The lowest BCUT2D eigenvalue weighted by molar-refractivity contribution is 0.0753. The molecule has 0 aliphatic carbocycles. The van der Waals surface area contributed by atoms with Gasteiger partial charge >= 0.3 is 0 Å². The van der Waals surface area contributed by atoms with Crippen molar-refractivity contribution >= 4 is 11.6 Å². The van der Waals surface area contributed by atoms with Gasteiger partial charge in [-0.15, -0.1) is 0 Å². The van der Waals surface area contributed by atoms with Crippen LogP contribution in [0.5, 0.6) is 0 Å². The van der Waals surface area contributed by atoms with Gasteiger partial charge in [-0.3, -0.25) is 9.48 Å². The van der Waals surface area contributed by atoms with Crippen LogP contribution in [0.25, 0.3) is 0 Å². The van der Waals surface area contributed by atoms with E-state index in [2.05, 4.69) is 15.6 Å².